The first-order valence-corrected chi connectivity index (χ1v) is 5.18. The van der Waals surface area contributed by atoms with Gasteiger partial charge in [0.15, 0.2) is 0 Å². The third kappa shape index (κ3) is 2.41. The molecule has 0 spiro atoms. The fraction of sp³-hybridized carbons (Fsp3) is 0.154. The van der Waals surface area contributed by atoms with E-state index in [-0.39, 0.29) is 12.1 Å². The zero-order chi connectivity index (χ0) is 12.4. The maximum absolute atomic E-state index is 13.4. The highest BCUT2D eigenvalue weighted by molar-refractivity contribution is 5.19. The van der Waals surface area contributed by atoms with E-state index in [1.54, 1.807) is 25.3 Å². The van der Waals surface area contributed by atoms with Crippen LogP contribution in [0, 0.1) is 18.6 Å². The fourth-order valence-electron chi connectivity index (χ4n) is 1.61. The normalized spacial score (nSPS) is 10.5. The van der Waals surface area contributed by atoms with E-state index in [9.17, 15) is 13.6 Å². The lowest BCUT2D eigenvalue weighted by Gasteiger charge is -2.07. The molecule has 0 bridgehead atoms. The van der Waals surface area contributed by atoms with Crippen molar-refractivity contribution in [2.75, 3.05) is 0 Å². The Hall–Kier alpha value is -1.97. The number of aromatic nitrogens is 1. The lowest BCUT2D eigenvalue weighted by molar-refractivity contribution is 0.564. The van der Waals surface area contributed by atoms with E-state index in [0.717, 1.165) is 6.07 Å². The van der Waals surface area contributed by atoms with Crippen LogP contribution in [0.3, 0.4) is 0 Å². The largest absolute Gasteiger partial charge is 0.311 e. The molecule has 0 saturated heterocycles. The van der Waals surface area contributed by atoms with Crippen LogP contribution >= 0.6 is 0 Å². The van der Waals surface area contributed by atoms with Gasteiger partial charge in [-0.1, -0.05) is 12.1 Å². The molecule has 2 aromatic rings. The summed E-state index contributed by atoms with van der Waals surface area (Å²) in [6.45, 7) is 1.80. The van der Waals surface area contributed by atoms with E-state index in [4.69, 9.17) is 0 Å². The Bertz CT molecular complexity index is 605. The molecule has 1 aromatic carbocycles. The van der Waals surface area contributed by atoms with E-state index >= 15 is 0 Å². The molecule has 0 aliphatic carbocycles. The molecule has 0 fully saturated rings. The quantitative estimate of drug-likeness (QED) is 0.783. The van der Waals surface area contributed by atoms with E-state index in [1.165, 1.54) is 16.7 Å². The van der Waals surface area contributed by atoms with Gasteiger partial charge < -0.3 is 4.57 Å². The molecule has 0 aliphatic rings. The minimum atomic E-state index is -0.640. The monoisotopic (exact) mass is 235 g/mol. The first-order chi connectivity index (χ1) is 8.08. The molecular weight excluding hydrogens is 224 g/mol. The van der Waals surface area contributed by atoms with Crippen LogP contribution < -0.4 is 5.56 Å². The summed E-state index contributed by atoms with van der Waals surface area (Å²) in [6, 6.07) is 6.76. The van der Waals surface area contributed by atoms with Crippen LogP contribution in [0.2, 0.25) is 0 Å². The van der Waals surface area contributed by atoms with Gasteiger partial charge in [-0.2, -0.15) is 0 Å². The Labute approximate surface area is 97.1 Å². The molecule has 0 atom stereocenters. The first-order valence-electron chi connectivity index (χ1n) is 5.18. The molecule has 1 aromatic heterocycles. The van der Waals surface area contributed by atoms with Gasteiger partial charge in [-0.3, -0.25) is 4.79 Å². The molecular formula is C13H11F2NO. The Kier molecular flexibility index (Phi) is 3.04. The molecule has 0 aliphatic heterocycles. The van der Waals surface area contributed by atoms with Gasteiger partial charge in [0.25, 0.3) is 5.56 Å². The summed E-state index contributed by atoms with van der Waals surface area (Å²) in [4.78, 5) is 11.7. The highest BCUT2D eigenvalue weighted by Gasteiger charge is 2.06. The average molecular weight is 235 g/mol. The lowest BCUT2D eigenvalue weighted by atomic mass is 10.2. The lowest BCUT2D eigenvalue weighted by Crippen LogP contribution is -2.22. The van der Waals surface area contributed by atoms with Crippen molar-refractivity contribution < 1.29 is 8.78 Å². The SMILES string of the molecule is Cc1cccn(Cc2ccc(F)cc2F)c1=O. The van der Waals surface area contributed by atoms with Crippen molar-refractivity contribution in [2.45, 2.75) is 13.5 Å². The molecule has 2 rings (SSSR count). The maximum atomic E-state index is 13.4. The number of hydrogen-bond donors (Lipinski definition) is 0. The molecule has 0 radical (unpaired) electrons. The summed E-state index contributed by atoms with van der Waals surface area (Å²) in [5.74, 6) is -1.26. The van der Waals surface area contributed by atoms with E-state index in [1.807, 2.05) is 0 Å². The molecule has 4 heteroatoms. The van der Waals surface area contributed by atoms with Gasteiger partial charge in [0, 0.05) is 23.4 Å². The molecule has 0 N–H and O–H groups in total. The molecule has 17 heavy (non-hydrogen) atoms. The molecule has 88 valence electrons. The zero-order valence-electron chi connectivity index (χ0n) is 9.28. The van der Waals surface area contributed by atoms with Gasteiger partial charge in [0.05, 0.1) is 6.54 Å². The third-order valence-electron chi connectivity index (χ3n) is 2.57. The maximum Gasteiger partial charge on any atom is 0.253 e. The van der Waals surface area contributed by atoms with Crippen molar-refractivity contribution in [3.63, 3.8) is 0 Å². The molecule has 0 saturated carbocycles. The Balaban J connectivity index is 2.38. The topological polar surface area (TPSA) is 22.0 Å². The predicted octanol–water partition coefficient (Wildman–Crippen LogP) is 2.48. The van der Waals surface area contributed by atoms with Gasteiger partial charge in [-0.15, -0.1) is 0 Å². The van der Waals surface area contributed by atoms with Gasteiger partial charge in [0.1, 0.15) is 11.6 Å². The molecule has 0 unspecified atom stereocenters. The summed E-state index contributed by atoms with van der Waals surface area (Å²) in [5.41, 5.74) is 0.713. The van der Waals surface area contributed by atoms with Crippen LogP contribution in [0.4, 0.5) is 8.78 Å². The van der Waals surface area contributed by atoms with E-state index in [2.05, 4.69) is 0 Å². The van der Waals surface area contributed by atoms with Gasteiger partial charge in [-0.25, -0.2) is 8.78 Å². The van der Waals surface area contributed by atoms with Crippen LogP contribution in [-0.2, 0) is 6.54 Å². The van der Waals surface area contributed by atoms with Gasteiger partial charge >= 0.3 is 0 Å². The van der Waals surface area contributed by atoms with E-state index < -0.39 is 11.6 Å². The molecule has 1 heterocycles. The second-order valence-corrected chi connectivity index (χ2v) is 3.86. The van der Waals surface area contributed by atoms with Crippen LogP contribution in [0.5, 0.6) is 0 Å². The average Bonchev–Trinajstić information content (AvgIpc) is 2.28. The van der Waals surface area contributed by atoms with Gasteiger partial charge in [0.2, 0.25) is 0 Å². The minimum absolute atomic E-state index is 0.104. The third-order valence-corrected chi connectivity index (χ3v) is 2.57. The summed E-state index contributed by atoms with van der Waals surface area (Å²) in [6.07, 6.45) is 1.58. The van der Waals surface area contributed by atoms with Crippen LogP contribution in [0.25, 0.3) is 0 Å². The van der Waals surface area contributed by atoms with Crippen molar-refractivity contribution in [3.8, 4) is 0 Å². The fourth-order valence-corrected chi connectivity index (χ4v) is 1.61. The summed E-state index contributed by atoms with van der Waals surface area (Å²) in [7, 11) is 0. The summed E-state index contributed by atoms with van der Waals surface area (Å²) >= 11 is 0. The second-order valence-electron chi connectivity index (χ2n) is 3.86. The second kappa shape index (κ2) is 4.49. The number of halogens is 2. The van der Waals surface area contributed by atoms with Gasteiger partial charge in [-0.05, 0) is 19.1 Å². The number of pyridine rings is 1. The van der Waals surface area contributed by atoms with Crippen molar-refractivity contribution >= 4 is 0 Å². The number of hydrogen-bond acceptors (Lipinski definition) is 1. The van der Waals surface area contributed by atoms with Crippen LogP contribution in [0.1, 0.15) is 11.1 Å². The highest BCUT2D eigenvalue weighted by Crippen LogP contribution is 2.10. The van der Waals surface area contributed by atoms with E-state index in [0.29, 0.717) is 11.1 Å². The first kappa shape index (κ1) is 11.5. The number of rotatable bonds is 2. The van der Waals surface area contributed by atoms with Crippen LogP contribution in [0.15, 0.2) is 41.3 Å². The Morgan fingerprint density at radius 2 is 2.00 bits per heavy atom. The van der Waals surface area contributed by atoms with Crippen LogP contribution in [-0.4, -0.2) is 4.57 Å². The van der Waals surface area contributed by atoms with Crippen molar-refractivity contribution in [3.05, 3.63) is 69.6 Å². The minimum Gasteiger partial charge on any atom is -0.311 e. The molecule has 0 amide bonds. The molecule has 2 nitrogen and oxygen atoms in total. The predicted molar refractivity (Wildman–Crippen MR) is 60.9 cm³/mol. The number of aryl methyl sites for hydroxylation is 1. The number of benzene rings is 1. The summed E-state index contributed by atoms with van der Waals surface area (Å²) in [5, 5.41) is 0. The standard InChI is InChI=1S/C13H11F2NO/c1-9-3-2-6-16(13(9)17)8-10-4-5-11(14)7-12(10)15/h2-7H,8H2,1H3. The Morgan fingerprint density at radius 3 is 2.71 bits per heavy atom. The highest BCUT2D eigenvalue weighted by atomic mass is 19.1. The van der Waals surface area contributed by atoms with Crippen molar-refractivity contribution in [1.82, 2.24) is 4.57 Å². The summed E-state index contributed by atoms with van der Waals surface area (Å²) < 4.78 is 27.5. The smallest absolute Gasteiger partial charge is 0.253 e. The number of nitrogens with zero attached hydrogens (tertiary/aromatic N) is 1. The van der Waals surface area contributed by atoms with Crippen molar-refractivity contribution in [2.24, 2.45) is 0 Å². The zero-order valence-corrected chi connectivity index (χ0v) is 9.28. The van der Waals surface area contributed by atoms with Crippen molar-refractivity contribution in [1.29, 1.82) is 0 Å². The Morgan fingerprint density at radius 1 is 1.24 bits per heavy atom.